The fourth-order valence-electron chi connectivity index (χ4n) is 3.22. The number of guanidine groups is 1. The molecule has 148 valence electrons. The molecule has 1 aromatic carbocycles. The number of nitrogens with one attached hydrogen (secondary N) is 2. The minimum atomic E-state index is 0. The van der Waals surface area contributed by atoms with E-state index in [9.17, 15) is 5.11 Å². The predicted octanol–water partition coefficient (Wildman–Crippen LogP) is 3.37. The van der Waals surface area contributed by atoms with Crippen molar-refractivity contribution in [2.24, 2.45) is 4.99 Å². The van der Waals surface area contributed by atoms with Gasteiger partial charge >= 0.3 is 0 Å². The number of hydrogen-bond donors (Lipinski definition) is 3. The summed E-state index contributed by atoms with van der Waals surface area (Å²) in [6.07, 6.45) is 7.46. The van der Waals surface area contributed by atoms with Crippen molar-refractivity contribution >= 4 is 29.9 Å². The first-order valence-electron chi connectivity index (χ1n) is 9.80. The molecule has 1 fully saturated rings. The van der Waals surface area contributed by atoms with Crippen LogP contribution in [0.5, 0.6) is 5.75 Å². The number of likely N-dealkylation sites (tertiary alicyclic amines) is 1. The Bertz CT molecular complexity index is 516. The summed E-state index contributed by atoms with van der Waals surface area (Å²) < 4.78 is 0. The zero-order valence-electron chi connectivity index (χ0n) is 16.0. The molecule has 0 bridgehead atoms. The largest absolute Gasteiger partial charge is 0.508 e. The van der Waals surface area contributed by atoms with Crippen LogP contribution in [-0.2, 0) is 6.42 Å². The lowest BCUT2D eigenvalue weighted by atomic mass is 10.1. The van der Waals surface area contributed by atoms with Gasteiger partial charge in [0.2, 0.25) is 0 Å². The van der Waals surface area contributed by atoms with Crippen molar-refractivity contribution in [3.63, 3.8) is 0 Å². The van der Waals surface area contributed by atoms with Crippen molar-refractivity contribution in [2.45, 2.75) is 45.4 Å². The van der Waals surface area contributed by atoms with Gasteiger partial charge in [-0.2, -0.15) is 0 Å². The summed E-state index contributed by atoms with van der Waals surface area (Å²) in [5.41, 5.74) is 1.13. The molecule has 1 aliphatic heterocycles. The number of phenolic OH excluding ortho intramolecular Hbond substituents is 1. The summed E-state index contributed by atoms with van der Waals surface area (Å²) in [5, 5.41) is 16.2. The van der Waals surface area contributed by atoms with Crippen molar-refractivity contribution in [2.75, 3.05) is 39.3 Å². The Morgan fingerprint density at radius 2 is 1.92 bits per heavy atom. The fourth-order valence-corrected chi connectivity index (χ4v) is 3.22. The average molecular weight is 474 g/mol. The molecule has 26 heavy (non-hydrogen) atoms. The van der Waals surface area contributed by atoms with Gasteiger partial charge in [-0.15, -0.1) is 24.0 Å². The molecule has 0 aromatic heterocycles. The van der Waals surface area contributed by atoms with Gasteiger partial charge in [-0.3, -0.25) is 4.99 Å². The van der Waals surface area contributed by atoms with Crippen LogP contribution in [0, 0.1) is 0 Å². The third-order valence-corrected chi connectivity index (χ3v) is 4.56. The summed E-state index contributed by atoms with van der Waals surface area (Å²) in [6.45, 7) is 8.29. The van der Waals surface area contributed by atoms with E-state index in [0.29, 0.717) is 5.75 Å². The number of hydrogen-bond acceptors (Lipinski definition) is 3. The molecule has 6 heteroatoms. The van der Waals surface area contributed by atoms with Crippen molar-refractivity contribution in [3.05, 3.63) is 29.8 Å². The molecule has 2 rings (SSSR count). The first-order chi connectivity index (χ1) is 12.3. The summed E-state index contributed by atoms with van der Waals surface area (Å²) in [7, 11) is 0. The minimum absolute atomic E-state index is 0. The van der Waals surface area contributed by atoms with Gasteiger partial charge in [-0.1, -0.05) is 25.0 Å². The second-order valence-electron chi connectivity index (χ2n) is 6.72. The lowest BCUT2D eigenvalue weighted by molar-refractivity contribution is 0.283. The van der Waals surface area contributed by atoms with E-state index < -0.39 is 0 Å². The van der Waals surface area contributed by atoms with E-state index in [1.807, 2.05) is 18.2 Å². The maximum Gasteiger partial charge on any atom is 0.191 e. The average Bonchev–Trinajstić information content (AvgIpc) is 2.87. The SMILES string of the molecule is CCNC(=NCCCN1CCCCCC1)NCCc1cccc(O)c1.I. The molecular weight excluding hydrogens is 439 g/mol. The second-order valence-corrected chi connectivity index (χ2v) is 6.72. The fraction of sp³-hybridized carbons (Fsp3) is 0.650. The first kappa shape index (κ1) is 23.0. The third kappa shape index (κ3) is 9.62. The van der Waals surface area contributed by atoms with Gasteiger partial charge in [0, 0.05) is 19.6 Å². The molecule has 0 aliphatic carbocycles. The topological polar surface area (TPSA) is 59.9 Å². The van der Waals surface area contributed by atoms with Gasteiger partial charge in [0.15, 0.2) is 5.96 Å². The molecule has 0 spiro atoms. The molecule has 1 aromatic rings. The van der Waals surface area contributed by atoms with Gasteiger partial charge in [0.1, 0.15) is 5.75 Å². The highest BCUT2D eigenvalue weighted by Gasteiger charge is 2.07. The zero-order valence-corrected chi connectivity index (χ0v) is 18.4. The maximum absolute atomic E-state index is 9.51. The van der Waals surface area contributed by atoms with Gasteiger partial charge < -0.3 is 20.6 Å². The van der Waals surface area contributed by atoms with Crippen LogP contribution < -0.4 is 10.6 Å². The highest BCUT2D eigenvalue weighted by atomic mass is 127. The second kappa shape index (κ2) is 14.1. The van der Waals surface area contributed by atoms with Gasteiger partial charge in [-0.05, 0) is 69.9 Å². The minimum Gasteiger partial charge on any atom is -0.508 e. The monoisotopic (exact) mass is 474 g/mol. The van der Waals surface area contributed by atoms with Crippen LogP contribution in [0.1, 0.15) is 44.6 Å². The normalized spacial score (nSPS) is 15.8. The van der Waals surface area contributed by atoms with E-state index in [0.717, 1.165) is 50.5 Å². The van der Waals surface area contributed by atoms with Crippen LogP contribution in [0.25, 0.3) is 0 Å². The number of aromatic hydroxyl groups is 1. The Labute approximate surface area is 175 Å². The molecular formula is C20H35IN4O. The van der Waals surface area contributed by atoms with Crippen molar-refractivity contribution in [3.8, 4) is 5.75 Å². The number of nitrogens with zero attached hydrogens (tertiary/aromatic N) is 2. The van der Waals surface area contributed by atoms with Crippen molar-refractivity contribution < 1.29 is 5.11 Å². The summed E-state index contributed by atoms with van der Waals surface area (Å²) in [5.74, 6) is 1.21. The van der Waals surface area contributed by atoms with Crippen LogP contribution in [0.15, 0.2) is 29.3 Å². The number of halogens is 1. The Kier molecular flexibility index (Phi) is 12.5. The Hall–Kier alpha value is -1.02. The van der Waals surface area contributed by atoms with Crippen LogP contribution in [0.4, 0.5) is 0 Å². The molecule has 0 amide bonds. The Balaban J connectivity index is 0.00000338. The summed E-state index contributed by atoms with van der Waals surface area (Å²) in [6, 6.07) is 7.43. The van der Waals surface area contributed by atoms with E-state index in [-0.39, 0.29) is 24.0 Å². The standard InChI is InChI=1S/C20H34N4O.HI/c1-2-21-20(23-13-11-18-9-7-10-19(25)17-18)22-12-8-16-24-14-5-3-4-6-15-24;/h7,9-10,17,25H,2-6,8,11-16H2,1H3,(H2,21,22,23);1H. The Morgan fingerprint density at radius 1 is 1.15 bits per heavy atom. The van der Waals surface area contributed by atoms with Crippen LogP contribution in [-0.4, -0.2) is 55.2 Å². The highest BCUT2D eigenvalue weighted by Crippen LogP contribution is 2.11. The summed E-state index contributed by atoms with van der Waals surface area (Å²) >= 11 is 0. The van der Waals surface area contributed by atoms with Gasteiger partial charge in [0.25, 0.3) is 0 Å². The number of rotatable bonds is 8. The van der Waals surface area contributed by atoms with E-state index >= 15 is 0 Å². The van der Waals surface area contributed by atoms with Gasteiger partial charge in [-0.25, -0.2) is 0 Å². The first-order valence-corrected chi connectivity index (χ1v) is 9.80. The lowest BCUT2D eigenvalue weighted by Gasteiger charge is -2.19. The number of aliphatic imine (C=N–C) groups is 1. The van der Waals surface area contributed by atoms with E-state index in [1.165, 1.54) is 38.8 Å². The zero-order chi connectivity index (χ0) is 17.7. The Morgan fingerprint density at radius 3 is 2.62 bits per heavy atom. The van der Waals surface area contributed by atoms with Crippen LogP contribution >= 0.6 is 24.0 Å². The van der Waals surface area contributed by atoms with E-state index in [1.54, 1.807) is 6.07 Å². The number of phenols is 1. The molecule has 0 atom stereocenters. The molecule has 5 nitrogen and oxygen atoms in total. The molecule has 0 unspecified atom stereocenters. The molecule has 1 saturated heterocycles. The summed E-state index contributed by atoms with van der Waals surface area (Å²) in [4.78, 5) is 7.28. The maximum atomic E-state index is 9.51. The smallest absolute Gasteiger partial charge is 0.191 e. The third-order valence-electron chi connectivity index (χ3n) is 4.56. The lowest BCUT2D eigenvalue weighted by Crippen LogP contribution is -2.38. The van der Waals surface area contributed by atoms with Crippen molar-refractivity contribution in [1.29, 1.82) is 0 Å². The quantitative estimate of drug-likeness (QED) is 0.234. The molecule has 0 radical (unpaired) electrons. The molecule has 0 saturated carbocycles. The van der Waals surface area contributed by atoms with Crippen LogP contribution in [0.2, 0.25) is 0 Å². The molecule has 3 N–H and O–H groups in total. The number of benzene rings is 1. The van der Waals surface area contributed by atoms with E-state index in [4.69, 9.17) is 0 Å². The highest BCUT2D eigenvalue weighted by molar-refractivity contribution is 14.0. The van der Waals surface area contributed by atoms with Gasteiger partial charge in [0.05, 0.1) is 0 Å². The van der Waals surface area contributed by atoms with Crippen LogP contribution in [0.3, 0.4) is 0 Å². The predicted molar refractivity (Wildman–Crippen MR) is 121 cm³/mol. The van der Waals surface area contributed by atoms with E-state index in [2.05, 4.69) is 27.4 Å². The molecule has 1 heterocycles. The van der Waals surface area contributed by atoms with Crippen molar-refractivity contribution in [1.82, 2.24) is 15.5 Å². The molecule has 1 aliphatic rings.